The van der Waals surface area contributed by atoms with Crippen LogP contribution in [0.1, 0.15) is 29.1 Å². The second-order valence-corrected chi connectivity index (χ2v) is 8.21. The highest BCUT2D eigenvalue weighted by atomic mass is 79.9. The normalized spacial score (nSPS) is 14.0. The lowest BCUT2D eigenvalue weighted by molar-refractivity contribution is 0.0439. The van der Waals surface area contributed by atoms with Crippen molar-refractivity contribution in [1.29, 1.82) is 0 Å². The minimum atomic E-state index is -0.446. The SMILES string of the molecule is O=C(OCc1nnc(-c2ccc(Br)s2)o1)c1cccnc1N1CCCC1. The van der Waals surface area contributed by atoms with Crippen LogP contribution in [-0.4, -0.2) is 34.2 Å². The number of carbonyl (C=O) groups excluding carboxylic acids is 1. The first-order valence-electron chi connectivity index (χ1n) is 8.16. The van der Waals surface area contributed by atoms with Gasteiger partial charge in [-0.25, -0.2) is 9.78 Å². The summed E-state index contributed by atoms with van der Waals surface area (Å²) in [7, 11) is 0. The number of nitrogens with zero attached hydrogens (tertiary/aromatic N) is 4. The van der Waals surface area contributed by atoms with Gasteiger partial charge in [0.05, 0.1) is 8.66 Å². The van der Waals surface area contributed by atoms with E-state index in [4.69, 9.17) is 9.15 Å². The molecule has 0 unspecified atom stereocenters. The van der Waals surface area contributed by atoms with Crippen molar-refractivity contribution >= 4 is 39.1 Å². The van der Waals surface area contributed by atoms with E-state index >= 15 is 0 Å². The minimum absolute atomic E-state index is 0.0767. The van der Waals surface area contributed by atoms with E-state index in [1.54, 1.807) is 18.3 Å². The van der Waals surface area contributed by atoms with Crippen LogP contribution in [0.2, 0.25) is 0 Å². The van der Waals surface area contributed by atoms with Gasteiger partial charge >= 0.3 is 5.97 Å². The fourth-order valence-electron chi connectivity index (χ4n) is 2.78. The highest BCUT2D eigenvalue weighted by molar-refractivity contribution is 9.11. The predicted molar refractivity (Wildman–Crippen MR) is 100 cm³/mol. The summed E-state index contributed by atoms with van der Waals surface area (Å²) in [6, 6.07) is 7.25. The number of hydrogen-bond acceptors (Lipinski definition) is 8. The Morgan fingerprint density at radius 2 is 2.12 bits per heavy atom. The molecule has 3 aromatic rings. The highest BCUT2D eigenvalue weighted by Gasteiger charge is 2.22. The molecule has 0 aliphatic carbocycles. The Hall–Kier alpha value is -2.26. The van der Waals surface area contributed by atoms with Gasteiger partial charge in [0, 0.05) is 19.3 Å². The number of anilines is 1. The van der Waals surface area contributed by atoms with Crippen LogP contribution in [0.5, 0.6) is 0 Å². The van der Waals surface area contributed by atoms with Crippen LogP contribution >= 0.6 is 27.3 Å². The van der Waals surface area contributed by atoms with E-state index < -0.39 is 5.97 Å². The van der Waals surface area contributed by atoms with Crippen molar-refractivity contribution in [2.75, 3.05) is 18.0 Å². The van der Waals surface area contributed by atoms with Gasteiger partial charge in [0.25, 0.3) is 11.8 Å². The first kappa shape index (κ1) is 17.2. The zero-order valence-electron chi connectivity index (χ0n) is 13.7. The van der Waals surface area contributed by atoms with Crippen molar-refractivity contribution < 1.29 is 13.9 Å². The molecule has 26 heavy (non-hydrogen) atoms. The van der Waals surface area contributed by atoms with E-state index in [1.807, 2.05) is 12.1 Å². The average molecular weight is 435 g/mol. The summed E-state index contributed by atoms with van der Waals surface area (Å²) < 4.78 is 11.9. The molecule has 0 saturated carbocycles. The van der Waals surface area contributed by atoms with Crippen molar-refractivity contribution in [3.05, 3.63) is 45.7 Å². The quantitative estimate of drug-likeness (QED) is 0.562. The number of pyridine rings is 1. The zero-order valence-corrected chi connectivity index (χ0v) is 16.1. The molecule has 0 aromatic carbocycles. The van der Waals surface area contributed by atoms with Crippen molar-refractivity contribution in [1.82, 2.24) is 15.2 Å². The summed E-state index contributed by atoms with van der Waals surface area (Å²) in [5.74, 6) is 0.888. The Morgan fingerprint density at radius 1 is 1.27 bits per heavy atom. The van der Waals surface area contributed by atoms with Gasteiger partial charge in [-0.15, -0.1) is 21.5 Å². The Bertz CT molecular complexity index is 920. The third-order valence-electron chi connectivity index (χ3n) is 3.99. The molecule has 4 heterocycles. The van der Waals surface area contributed by atoms with E-state index in [0.717, 1.165) is 34.6 Å². The lowest BCUT2D eigenvalue weighted by atomic mass is 10.2. The van der Waals surface area contributed by atoms with Gasteiger partial charge in [0.2, 0.25) is 0 Å². The first-order chi connectivity index (χ1) is 12.7. The van der Waals surface area contributed by atoms with Crippen molar-refractivity contribution in [3.8, 4) is 10.8 Å². The van der Waals surface area contributed by atoms with Crippen molar-refractivity contribution in [3.63, 3.8) is 0 Å². The third-order valence-corrected chi connectivity index (χ3v) is 5.60. The Labute approximate surface area is 162 Å². The average Bonchev–Trinajstić information content (AvgIpc) is 3.41. The molecule has 1 fully saturated rings. The maximum absolute atomic E-state index is 12.5. The van der Waals surface area contributed by atoms with E-state index in [1.165, 1.54) is 11.3 Å². The fourth-order valence-corrected chi connectivity index (χ4v) is 4.09. The molecule has 134 valence electrons. The number of ether oxygens (including phenoxy) is 1. The lowest BCUT2D eigenvalue weighted by Crippen LogP contribution is -2.22. The van der Waals surface area contributed by atoms with Crippen LogP contribution in [0, 0.1) is 0 Å². The van der Waals surface area contributed by atoms with Crippen LogP contribution in [0.4, 0.5) is 5.82 Å². The summed E-state index contributed by atoms with van der Waals surface area (Å²) in [6.45, 7) is 1.73. The fraction of sp³-hybridized carbons (Fsp3) is 0.294. The van der Waals surface area contributed by atoms with Crippen LogP contribution < -0.4 is 4.90 Å². The van der Waals surface area contributed by atoms with Gasteiger partial charge < -0.3 is 14.1 Å². The van der Waals surface area contributed by atoms with Crippen LogP contribution in [0.3, 0.4) is 0 Å². The van der Waals surface area contributed by atoms with Gasteiger partial charge in [-0.05, 0) is 53.0 Å². The summed E-state index contributed by atoms with van der Waals surface area (Å²) in [4.78, 5) is 19.8. The first-order valence-corrected chi connectivity index (χ1v) is 9.77. The molecule has 0 bridgehead atoms. The van der Waals surface area contributed by atoms with Gasteiger partial charge in [-0.2, -0.15) is 0 Å². The van der Waals surface area contributed by atoms with E-state index in [-0.39, 0.29) is 12.5 Å². The molecule has 4 rings (SSSR count). The molecule has 0 N–H and O–H groups in total. The summed E-state index contributed by atoms with van der Waals surface area (Å²) in [5.41, 5.74) is 0.455. The molecule has 9 heteroatoms. The minimum Gasteiger partial charge on any atom is -0.452 e. The molecule has 3 aromatic heterocycles. The molecular weight excluding hydrogens is 420 g/mol. The molecular formula is C17H15BrN4O3S. The monoisotopic (exact) mass is 434 g/mol. The van der Waals surface area contributed by atoms with Crippen LogP contribution in [0.25, 0.3) is 10.8 Å². The molecule has 0 amide bonds. The Morgan fingerprint density at radius 3 is 2.88 bits per heavy atom. The topological polar surface area (TPSA) is 81.3 Å². The number of aromatic nitrogens is 3. The number of esters is 1. The van der Waals surface area contributed by atoms with Gasteiger partial charge in [0.15, 0.2) is 6.61 Å². The molecule has 1 aliphatic rings. The molecule has 0 radical (unpaired) electrons. The second-order valence-electron chi connectivity index (χ2n) is 5.75. The number of rotatable bonds is 5. The van der Waals surface area contributed by atoms with Gasteiger partial charge in [0.1, 0.15) is 11.4 Å². The zero-order chi connectivity index (χ0) is 17.9. The molecule has 0 spiro atoms. The highest BCUT2D eigenvalue weighted by Crippen LogP contribution is 2.30. The Balaban J connectivity index is 1.44. The summed E-state index contributed by atoms with van der Waals surface area (Å²) >= 11 is 4.89. The predicted octanol–water partition coefficient (Wildman–Crippen LogP) is 3.91. The van der Waals surface area contributed by atoms with Gasteiger partial charge in [-0.3, -0.25) is 0 Å². The van der Waals surface area contributed by atoms with Crippen molar-refractivity contribution in [2.24, 2.45) is 0 Å². The summed E-state index contributed by atoms with van der Waals surface area (Å²) in [6.07, 6.45) is 3.90. The second kappa shape index (κ2) is 7.55. The van der Waals surface area contributed by atoms with Crippen LogP contribution in [0.15, 0.2) is 38.7 Å². The number of carbonyl (C=O) groups is 1. The molecule has 1 saturated heterocycles. The standard InChI is InChI=1S/C17H15BrN4O3S/c18-13-6-5-12(26-13)16-21-20-14(25-16)10-24-17(23)11-4-3-7-19-15(11)22-8-1-2-9-22/h3-7H,1-2,8-10H2. The third kappa shape index (κ3) is 3.63. The molecule has 0 atom stereocenters. The van der Waals surface area contributed by atoms with Gasteiger partial charge in [-0.1, -0.05) is 0 Å². The summed E-state index contributed by atoms with van der Waals surface area (Å²) in [5, 5.41) is 7.93. The van der Waals surface area contributed by atoms with E-state index in [2.05, 4.69) is 36.0 Å². The van der Waals surface area contributed by atoms with E-state index in [0.29, 0.717) is 17.3 Å². The van der Waals surface area contributed by atoms with Crippen molar-refractivity contribution in [2.45, 2.75) is 19.4 Å². The van der Waals surface area contributed by atoms with Crippen LogP contribution in [-0.2, 0) is 11.3 Å². The smallest absolute Gasteiger partial charge is 0.342 e. The number of halogens is 1. The largest absolute Gasteiger partial charge is 0.452 e. The Kier molecular flexibility index (Phi) is 4.98. The maximum atomic E-state index is 12.5. The number of thiophene rings is 1. The molecule has 7 nitrogen and oxygen atoms in total. The number of hydrogen-bond donors (Lipinski definition) is 0. The molecule has 1 aliphatic heterocycles. The maximum Gasteiger partial charge on any atom is 0.342 e. The lowest BCUT2D eigenvalue weighted by Gasteiger charge is -2.18. The van der Waals surface area contributed by atoms with E-state index in [9.17, 15) is 4.79 Å².